The monoisotopic (exact) mass is 253 g/mol. The highest BCUT2D eigenvalue weighted by molar-refractivity contribution is 8.14. The van der Waals surface area contributed by atoms with Crippen LogP contribution in [-0.2, 0) is 4.79 Å². The lowest BCUT2D eigenvalue weighted by Gasteiger charge is -2.11. The Labute approximate surface area is 102 Å². The summed E-state index contributed by atoms with van der Waals surface area (Å²) in [6, 6.07) is 3.17. The molecule has 0 radical (unpaired) electrons. The third-order valence-corrected chi connectivity index (χ3v) is 3.47. The first-order valence-corrected chi connectivity index (χ1v) is 6.06. The molecule has 1 aromatic carbocycles. The van der Waals surface area contributed by atoms with E-state index in [0.717, 1.165) is 6.07 Å². The van der Waals surface area contributed by atoms with E-state index >= 15 is 0 Å². The molecule has 1 aromatic rings. The first-order valence-electron chi connectivity index (χ1n) is 5.07. The number of rotatable bonds is 2. The van der Waals surface area contributed by atoms with Gasteiger partial charge in [0.1, 0.15) is 11.5 Å². The van der Waals surface area contributed by atoms with Crippen molar-refractivity contribution in [1.29, 1.82) is 0 Å². The summed E-state index contributed by atoms with van der Waals surface area (Å²) in [6.07, 6.45) is 0.592. The quantitative estimate of drug-likeness (QED) is 0.680. The maximum Gasteiger partial charge on any atom is 0.255 e. The second-order valence-electron chi connectivity index (χ2n) is 3.68. The summed E-state index contributed by atoms with van der Waals surface area (Å²) in [5.41, 5.74) is -0.0327. The number of benzene rings is 1. The van der Waals surface area contributed by atoms with Crippen LogP contribution in [0.15, 0.2) is 18.2 Å². The van der Waals surface area contributed by atoms with Gasteiger partial charge in [-0.05, 0) is 24.6 Å². The predicted octanol–water partition coefficient (Wildman–Crippen LogP) is 0.860. The Hall–Kier alpha value is -1.69. The number of aromatic hydroxyl groups is 2. The summed E-state index contributed by atoms with van der Waals surface area (Å²) in [4.78, 5) is 23.1. The van der Waals surface area contributed by atoms with E-state index in [1.165, 1.54) is 23.9 Å². The molecule has 1 fully saturated rings. The van der Waals surface area contributed by atoms with Gasteiger partial charge in [0.15, 0.2) is 0 Å². The topological polar surface area (TPSA) is 86.6 Å². The molecule has 6 heteroatoms. The van der Waals surface area contributed by atoms with Crippen molar-refractivity contribution >= 4 is 22.8 Å². The number of amides is 1. The number of nitrogens with one attached hydrogen (secondary N) is 1. The first kappa shape index (κ1) is 11.8. The standard InChI is InChI=1S/C11H11NO4S/c13-6-1-2-9(14)7(5-6)10(15)12-8-3-4-17-11(8)16/h1-2,5,8,13-14H,3-4H2,(H,12,15). The zero-order chi connectivity index (χ0) is 12.4. The first-order chi connectivity index (χ1) is 8.08. The van der Waals surface area contributed by atoms with Crippen molar-refractivity contribution < 1.29 is 19.8 Å². The molecule has 0 aromatic heterocycles. The number of hydrogen-bond acceptors (Lipinski definition) is 5. The number of carbonyl (C=O) groups excluding carboxylic acids is 2. The molecule has 1 unspecified atom stereocenters. The van der Waals surface area contributed by atoms with Gasteiger partial charge in [-0.1, -0.05) is 11.8 Å². The lowest BCUT2D eigenvalue weighted by molar-refractivity contribution is -0.112. The fourth-order valence-corrected chi connectivity index (χ4v) is 2.50. The molecule has 17 heavy (non-hydrogen) atoms. The molecule has 0 aliphatic carbocycles. The summed E-state index contributed by atoms with van der Waals surface area (Å²) < 4.78 is 0. The molecule has 1 heterocycles. The van der Waals surface area contributed by atoms with Gasteiger partial charge in [-0.15, -0.1) is 0 Å². The molecule has 5 nitrogen and oxygen atoms in total. The molecule has 90 valence electrons. The van der Waals surface area contributed by atoms with Gasteiger partial charge in [-0.25, -0.2) is 0 Å². The van der Waals surface area contributed by atoms with Crippen LogP contribution >= 0.6 is 11.8 Å². The fraction of sp³-hybridized carbons (Fsp3) is 0.273. The van der Waals surface area contributed by atoms with E-state index in [1.807, 2.05) is 0 Å². The van der Waals surface area contributed by atoms with Gasteiger partial charge in [0.05, 0.1) is 11.6 Å². The second kappa shape index (κ2) is 4.67. The van der Waals surface area contributed by atoms with Crippen LogP contribution in [0.5, 0.6) is 11.5 Å². The minimum Gasteiger partial charge on any atom is -0.508 e. The molecule has 0 bridgehead atoms. The van der Waals surface area contributed by atoms with Crippen LogP contribution < -0.4 is 5.32 Å². The van der Waals surface area contributed by atoms with Crippen LogP contribution in [0.2, 0.25) is 0 Å². The van der Waals surface area contributed by atoms with Crippen molar-refractivity contribution in [1.82, 2.24) is 5.32 Å². The van der Waals surface area contributed by atoms with Crippen LogP contribution in [0, 0.1) is 0 Å². The number of phenolic OH excluding ortho intramolecular Hbond substituents is 2. The zero-order valence-electron chi connectivity index (χ0n) is 8.84. The third kappa shape index (κ3) is 2.52. The van der Waals surface area contributed by atoms with Crippen molar-refractivity contribution in [2.75, 3.05) is 5.75 Å². The zero-order valence-corrected chi connectivity index (χ0v) is 9.66. The van der Waals surface area contributed by atoms with Crippen LogP contribution in [0.3, 0.4) is 0 Å². The molecule has 1 amide bonds. The Bertz CT molecular complexity index is 475. The van der Waals surface area contributed by atoms with Crippen molar-refractivity contribution in [2.24, 2.45) is 0 Å². The summed E-state index contributed by atoms with van der Waals surface area (Å²) in [7, 11) is 0. The van der Waals surface area contributed by atoms with Crippen molar-refractivity contribution in [2.45, 2.75) is 12.5 Å². The Balaban J connectivity index is 2.14. The SMILES string of the molecule is O=C(NC1CCSC1=O)c1cc(O)ccc1O. The Morgan fingerprint density at radius 2 is 2.18 bits per heavy atom. The second-order valence-corrected chi connectivity index (χ2v) is 4.78. The highest BCUT2D eigenvalue weighted by Crippen LogP contribution is 2.24. The van der Waals surface area contributed by atoms with Crippen molar-refractivity contribution in [3.8, 4) is 11.5 Å². The summed E-state index contributed by atoms with van der Waals surface area (Å²) in [5, 5.41) is 21.2. The highest BCUT2D eigenvalue weighted by atomic mass is 32.2. The number of phenols is 2. The van der Waals surface area contributed by atoms with Crippen LogP contribution in [0.1, 0.15) is 16.8 Å². The summed E-state index contributed by atoms with van der Waals surface area (Å²) in [5.74, 6) is -0.201. The fourth-order valence-electron chi connectivity index (χ4n) is 1.57. The van der Waals surface area contributed by atoms with Crippen LogP contribution in [0.25, 0.3) is 0 Å². The van der Waals surface area contributed by atoms with Gasteiger partial charge >= 0.3 is 0 Å². The highest BCUT2D eigenvalue weighted by Gasteiger charge is 2.27. The van der Waals surface area contributed by atoms with E-state index in [2.05, 4.69) is 5.32 Å². The average molecular weight is 253 g/mol. The molecule has 1 aliphatic heterocycles. The smallest absolute Gasteiger partial charge is 0.255 e. The molecular formula is C11H11NO4S. The van der Waals surface area contributed by atoms with Gasteiger partial charge in [-0.3, -0.25) is 9.59 Å². The molecule has 1 saturated heterocycles. The van der Waals surface area contributed by atoms with Crippen molar-refractivity contribution in [3.05, 3.63) is 23.8 Å². The van der Waals surface area contributed by atoms with E-state index in [-0.39, 0.29) is 22.2 Å². The molecule has 3 N–H and O–H groups in total. The van der Waals surface area contributed by atoms with Crippen molar-refractivity contribution in [3.63, 3.8) is 0 Å². The number of carbonyl (C=O) groups is 2. The normalized spacial score (nSPS) is 19.3. The van der Waals surface area contributed by atoms with E-state index in [9.17, 15) is 19.8 Å². The van der Waals surface area contributed by atoms with Gasteiger partial charge < -0.3 is 15.5 Å². The van der Waals surface area contributed by atoms with E-state index < -0.39 is 11.9 Å². The molecule has 0 spiro atoms. The lowest BCUT2D eigenvalue weighted by Crippen LogP contribution is -2.37. The largest absolute Gasteiger partial charge is 0.508 e. The predicted molar refractivity (Wildman–Crippen MR) is 63.1 cm³/mol. The van der Waals surface area contributed by atoms with Gasteiger partial charge in [0, 0.05) is 5.75 Å². The minimum absolute atomic E-state index is 0.0327. The Morgan fingerprint density at radius 3 is 2.82 bits per heavy atom. The van der Waals surface area contributed by atoms with E-state index in [1.54, 1.807) is 0 Å². The molecule has 1 aliphatic rings. The number of thioether (sulfide) groups is 1. The molecule has 1 atom stereocenters. The van der Waals surface area contributed by atoms with Crippen LogP contribution in [-0.4, -0.2) is 33.0 Å². The molecular weight excluding hydrogens is 242 g/mol. The lowest BCUT2D eigenvalue weighted by atomic mass is 10.1. The van der Waals surface area contributed by atoms with Gasteiger partial charge in [-0.2, -0.15) is 0 Å². The average Bonchev–Trinajstić information content (AvgIpc) is 2.68. The third-order valence-electron chi connectivity index (χ3n) is 2.47. The molecule has 2 rings (SSSR count). The van der Waals surface area contributed by atoms with E-state index in [0.29, 0.717) is 12.2 Å². The van der Waals surface area contributed by atoms with Crippen LogP contribution in [0.4, 0.5) is 0 Å². The Morgan fingerprint density at radius 1 is 1.41 bits per heavy atom. The summed E-state index contributed by atoms with van der Waals surface area (Å²) in [6.45, 7) is 0. The maximum absolute atomic E-state index is 11.8. The van der Waals surface area contributed by atoms with Gasteiger partial charge in [0.2, 0.25) is 5.12 Å². The number of hydrogen-bond donors (Lipinski definition) is 3. The Kier molecular flexibility index (Phi) is 3.23. The van der Waals surface area contributed by atoms with Gasteiger partial charge in [0.25, 0.3) is 5.91 Å². The minimum atomic E-state index is -0.556. The molecule has 0 saturated carbocycles. The summed E-state index contributed by atoms with van der Waals surface area (Å²) >= 11 is 1.18. The van der Waals surface area contributed by atoms with E-state index in [4.69, 9.17) is 0 Å². The maximum atomic E-state index is 11.8.